The largest absolute Gasteiger partial charge is 0.375 e. The summed E-state index contributed by atoms with van der Waals surface area (Å²) in [6, 6.07) is 0. The average Bonchev–Trinajstić information content (AvgIpc) is 2.45. The van der Waals surface area contributed by atoms with Crippen LogP contribution in [0.25, 0.3) is 0 Å². The van der Waals surface area contributed by atoms with Gasteiger partial charge in [-0.1, -0.05) is 12.2 Å². The third-order valence-corrected chi connectivity index (χ3v) is 2.93. The number of aryl methyl sites for hydroxylation is 2. The fraction of sp³-hybridized carbons (Fsp3) is 0.545. The quantitative estimate of drug-likeness (QED) is 0.598. The highest BCUT2D eigenvalue weighted by Crippen LogP contribution is 2.20. The molecule has 1 heterocycles. The van der Waals surface area contributed by atoms with Gasteiger partial charge in [0.15, 0.2) is 5.13 Å². The van der Waals surface area contributed by atoms with E-state index >= 15 is 0 Å². The van der Waals surface area contributed by atoms with E-state index in [2.05, 4.69) is 23.8 Å². The second kappa shape index (κ2) is 5.88. The molecule has 0 unspecified atom stereocenters. The summed E-state index contributed by atoms with van der Waals surface area (Å²) in [7, 11) is 0. The van der Waals surface area contributed by atoms with Gasteiger partial charge in [0.2, 0.25) is 0 Å². The monoisotopic (exact) mass is 226 g/mol. The summed E-state index contributed by atoms with van der Waals surface area (Å²) < 4.78 is 5.37. The molecule has 1 aromatic rings. The smallest absolute Gasteiger partial charge is 0.183 e. The minimum atomic E-state index is 0.637. The second-order valence-corrected chi connectivity index (χ2v) is 4.80. The summed E-state index contributed by atoms with van der Waals surface area (Å²) in [5, 5.41) is 4.21. The van der Waals surface area contributed by atoms with E-state index in [-0.39, 0.29) is 0 Å². The Labute approximate surface area is 95.2 Å². The predicted octanol–water partition coefficient (Wildman–Crippen LogP) is 2.76. The number of hydrogen-bond donors (Lipinski definition) is 1. The lowest BCUT2D eigenvalue weighted by atomic mass is 10.4. The molecule has 0 aliphatic heterocycles. The lowest BCUT2D eigenvalue weighted by Crippen LogP contribution is -2.10. The van der Waals surface area contributed by atoms with Gasteiger partial charge in [-0.2, -0.15) is 0 Å². The van der Waals surface area contributed by atoms with Crippen molar-refractivity contribution < 1.29 is 4.74 Å². The number of hydrogen-bond acceptors (Lipinski definition) is 4. The Kier molecular flexibility index (Phi) is 4.78. The van der Waals surface area contributed by atoms with Crippen LogP contribution in [0.3, 0.4) is 0 Å². The highest BCUT2D eigenvalue weighted by atomic mass is 32.1. The van der Waals surface area contributed by atoms with Crippen LogP contribution >= 0.6 is 11.3 Å². The maximum atomic E-state index is 5.37. The zero-order chi connectivity index (χ0) is 11.3. The normalized spacial score (nSPS) is 10.3. The van der Waals surface area contributed by atoms with Crippen LogP contribution in [0.15, 0.2) is 12.2 Å². The predicted molar refractivity (Wildman–Crippen MR) is 65.7 cm³/mol. The number of anilines is 1. The molecule has 1 N–H and O–H groups in total. The molecule has 0 bridgehead atoms. The molecule has 0 aromatic carbocycles. The van der Waals surface area contributed by atoms with Crippen LogP contribution < -0.4 is 5.32 Å². The lowest BCUT2D eigenvalue weighted by molar-refractivity contribution is 0.167. The van der Waals surface area contributed by atoms with Crippen molar-refractivity contribution in [2.75, 3.05) is 25.1 Å². The number of nitrogens with one attached hydrogen (secondary N) is 1. The van der Waals surface area contributed by atoms with Crippen LogP contribution in [-0.4, -0.2) is 24.7 Å². The number of nitrogens with zero attached hydrogens (tertiary/aromatic N) is 1. The van der Waals surface area contributed by atoms with E-state index in [1.165, 1.54) is 4.88 Å². The van der Waals surface area contributed by atoms with Gasteiger partial charge in [-0.25, -0.2) is 4.98 Å². The summed E-state index contributed by atoms with van der Waals surface area (Å²) in [6.45, 7) is 11.9. The van der Waals surface area contributed by atoms with Crippen LogP contribution in [-0.2, 0) is 4.74 Å². The molecule has 0 amide bonds. The first-order valence-electron chi connectivity index (χ1n) is 4.99. The first-order valence-corrected chi connectivity index (χ1v) is 5.81. The third kappa shape index (κ3) is 4.44. The minimum Gasteiger partial charge on any atom is -0.375 e. The first kappa shape index (κ1) is 12.2. The molecule has 1 aromatic heterocycles. The van der Waals surface area contributed by atoms with E-state index in [0.717, 1.165) is 22.9 Å². The number of rotatable bonds is 6. The number of ether oxygens (including phenoxy) is 1. The molecule has 0 radical (unpaired) electrons. The Balaban J connectivity index is 2.18. The standard InChI is InChI=1S/C11H18N2OS/c1-8(2)7-14-6-5-12-11-13-9(3)10(4)15-11/h1,5-7H2,2-4H3,(H,12,13). The van der Waals surface area contributed by atoms with Crippen molar-refractivity contribution >= 4 is 16.5 Å². The number of aromatic nitrogens is 1. The van der Waals surface area contributed by atoms with E-state index < -0.39 is 0 Å². The molecular weight excluding hydrogens is 208 g/mol. The fourth-order valence-electron chi connectivity index (χ4n) is 1.02. The van der Waals surface area contributed by atoms with Crippen LogP contribution in [0.2, 0.25) is 0 Å². The zero-order valence-electron chi connectivity index (χ0n) is 9.59. The summed E-state index contributed by atoms with van der Waals surface area (Å²) in [6.07, 6.45) is 0. The molecule has 0 saturated heterocycles. The van der Waals surface area contributed by atoms with Crippen LogP contribution in [0.1, 0.15) is 17.5 Å². The van der Waals surface area contributed by atoms with E-state index in [1.807, 2.05) is 13.8 Å². The Morgan fingerprint density at radius 2 is 2.27 bits per heavy atom. The Morgan fingerprint density at radius 1 is 1.53 bits per heavy atom. The van der Waals surface area contributed by atoms with Crippen molar-refractivity contribution in [2.24, 2.45) is 0 Å². The molecule has 0 aliphatic carbocycles. The molecule has 0 fully saturated rings. The maximum absolute atomic E-state index is 5.37. The van der Waals surface area contributed by atoms with Crippen molar-refractivity contribution in [1.82, 2.24) is 4.98 Å². The van der Waals surface area contributed by atoms with Gasteiger partial charge < -0.3 is 10.1 Å². The van der Waals surface area contributed by atoms with Gasteiger partial charge in [-0.05, 0) is 20.8 Å². The molecule has 3 nitrogen and oxygen atoms in total. The van der Waals surface area contributed by atoms with Gasteiger partial charge >= 0.3 is 0 Å². The summed E-state index contributed by atoms with van der Waals surface area (Å²) >= 11 is 1.68. The van der Waals surface area contributed by atoms with Gasteiger partial charge in [0.05, 0.1) is 18.9 Å². The minimum absolute atomic E-state index is 0.637. The maximum Gasteiger partial charge on any atom is 0.183 e. The zero-order valence-corrected chi connectivity index (χ0v) is 10.4. The molecule has 0 saturated carbocycles. The van der Waals surface area contributed by atoms with E-state index in [4.69, 9.17) is 4.74 Å². The van der Waals surface area contributed by atoms with Crippen molar-refractivity contribution in [2.45, 2.75) is 20.8 Å². The Morgan fingerprint density at radius 3 is 2.80 bits per heavy atom. The SMILES string of the molecule is C=C(C)COCCNc1nc(C)c(C)s1. The topological polar surface area (TPSA) is 34.1 Å². The Hall–Kier alpha value is -0.870. The lowest BCUT2D eigenvalue weighted by Gasteiger charge is -2.04. The molecule has 1 rings (SSSR count). The van der Waals surface area contributed by atoms with Gasteiger partial charge in [0.25, 0.3) is 0 Å². The van der Waals surface area contributed by atoms with E-state index in [0.29, 0.717) is 13.2 Å². The first-order chi connectivity index (χ1) is 7.09. The van der Waals surface area contributed by atoms with Gasteiger partial charge in [-0.3, -0.25) is 0 Å². The third-order valence-electron chi connectivity index (χ3n) is 1.90. The molecule has 15 heavy (non-hydrogen) atoms. The van der Waals surface area contributed by atoms with Crippen molar-refractivity contribution in [3.8, 4) is 0 Å². The van der Waals surface area contributed by atoms with Crippen molar-refractivity contribution in [1.29, 1.82) is 0 Å². The van der Waals surface area contributed by atoms with E-state index in [9.17, 15) is 0 Å². The van der Waals surface area contributed by atoms with Crippen LogP contribution in [0, 0.1) is 13.8 Å². The van der Waals surface area contributed by atoms with Crippen LogP contribution in [0.5, 0.6) is 0 Å². The highest BCUT2D eigenvalue weighted by molar-refractivity contribution is 7.15. The fourth-order valence-corrected chi connectivity index (χ4v) is 1.87. The Bertz CT molecular complexity index is 314. The highest BCUT2D eigenvalue weighted by Gasteiger charge is 2.01. The molecule has 0 atom stereocenters. The summed E-state index contributed by atoms with van der Waals surface area (Å²) in [5.74, 6) is 0. The van der Waals surface area contributed by atoms with Crippen LogP contribution in [0.4, 0.5) is 5.13 Å². The van der Waals surface area contributed by atoms with Crippen molar-refractivity contribution in [3.05, 3.63) is 22.7 Å². The number of thiazole rings is 1. The molecular formula is C11H18N2OS. The second-order valence-electron chi connectivity index (χ2n) is 3.60. The molecule has 4 heteroatoms. The van der Waals surface area contributed by atoms with Gasteiger partial charge in [0, 0.05) is 11.4 Å². The average molecular weight is 226 g/mol. The molecule has 0 aliphatic rings. The van der Waals surface area contributed by atoms with Gasteiger partial charge in [-0.15, -0.1) is 11.3 Å². The molecule has 0 spiro atoms. The van der Waals surface area contributed by atoms with Crippen molar-refractivity contribution in [3.63, 3.8) is 0 Å². The summed E-state index contributed by atoms with van der Waals surface area (Å²) in [5.41, 5.74) is 2.15. The summed E-state index contributed by atoms with van der Waals surface area (Å²) in [4.78, 5) is 5.64. The van der Waals surface area contributed by atoms with E-state index in [1.54, 1.807) is 11.3 Å². The molecule has 84 valence electrons. The van der Waals surface area contributed by atoms with Gasteiger partial charge in [0.1, 0.15) is 0 Å².